The van der Waals surface area contributed by atoms with Gasteiger partial charge >= 0.3 is 6.03 Å². The summed E-state index contributed by atoms with van der Waals surface area (Å²) in [6, 6.07) is 21.8. The second kappa shape index (κ2) is 9.27. The van der Waals surface area contributed by atoms with Gasteiger partial charge in [-0.25, -0.2) is 4.79 Å². The number of aromatic nitrogens is 1. The summed E-state index contributed by atoms with van der Waals surface area (Å²) in [6.07, 6.45) is 6.84. The first-order chi connectivity index (χ1) is 17.2. The van der Waals surface area contributed by atoms with Crippen LogP contribution in [0.4, 0.5) is 10.5 Å². The zero-order valence-corrected chi connectivity index (χ0v) is 20.7. The number of aryl methyl sites for hydroxylation is 1. The van der Waals surface area contributed by atoms with Gasteiger partial charge in [-0.1, -0.05) is 30.3 Å². The number of rotatable bonds is 4. The Bertz CT molecular complexity index is 1360. The van der Waals surface area contributed by atoms with E-state index < -0.39 is 0 Å². The molecule has 4 aromatic rings. The summed E-state index contributed by atoms with van der Waals surface area (Å²) in [5.41, 5.74) is 5.69. The summed E-state index contributed by atoms with van der Waals surface area (Å²) in [5, 5.41) is 4.42. The standard InChI is InChI=1S/C29H29N3O2S/c1-2-34-22-13-8-10-20(18-22)27-25-15-9-17-31(25)28-24(23-14-6-7-16-26(23)35-28)19-32(27)29(33)30-21-11-4-3-5-12-21/h3-5,8-13,15,17-18,27H,2,6-7,14,16,19H2,1H3,(H,30,33)/t27-/m0/s1. The van der Waals surface area contributed by atoms with Crippen molar-refractivity contribution in [2.45, 2.75) is 45.2 Å². The summed E-state index contributed by atoms with van der Waals surface area (Å²) in [5.74, 6) is 0.822. The molecule has 1 N–H and O–H groups in total. The number of para-hydroxylation sites is 1. The van der Waals surface area contributed by atoms with Gasteiger partial charge in [-0.05, 0) is 80.1 Å². The highest BCUT2D eigenvalue weighted by Crippen LogP contribution is 2.44. The molecule has 2 aliphatic rings. The van der Waals surface area contributed by atoms with Gasteiger partial charge in [0.05, 0.1) is 24.9 Å². The van der Waals surface area contributed by atoms with Crippen LogP contribution in [0.15, 0.2) is 72.9 Å². The van der Waals surface area contributed by atoms with Gasteiger partial charge in [-0.15, -0.1) is 11.3 Å². The molecule has 0 fully saturated rings. The van der Waals surface area contributed by atoms with Crippen molar-refractivity contribution in [3.8, 4) is 10.8 Å². The lowest BCUT2D eigenvalue weighted by Gasteiger charge is -2.31. The minimum Gasteiger partial charge on any atom is -0.494 e. The third-order valence-electron chi connectivity index (χ3n) is 6.95. The van der Waals surface area contributed by atoms with E-state index in [-0.39, 0.29) is 12.1 Å². The van der Waals surface area contributed by atoms with Crippen molar-refractivity contribution in [2.75, 3.05) is 11.9 Å². The monoisotopic (exact) mass is 483 g/mol. The lowest BCUT2D eigenvalue weighted by atomic mass is 9.95. The van der Waals surface area contributed by atoms with Crippen LogP contribution in [0.25, 0.3) is 5.00 Å². The molecule has 6 heteroatoms. The molecule has 1 atom stereocenters. The van der Waals surface area contributed by atoms with E-state index in [0.717, 1.165) is 35.5 Å². The summed E-state index contributed by atoms with van der Waals surface area (Å²) in [6.45, 7) is 3.17. The fourth-order valence-electron chi connectivity index (χ4n) is 5.40. The predicted molar refractivity (Wildman–Crippen MR) is 141 cm³/mol. The molecule has 0 unspecified atom stereocenters. The number of nitrogens with one attached hydrogen (secondary N) is 1. The molecule has 2 aromatic heterocycles. The quantitative estimate of drug-likeness (QED) is 0.341. The first kappa shape index (κ1) is 22.0. The van der Waals surface area contributed by atoms with Crippen molar-refractivity contribution in [1.82, 2.24) is 9.47 Å². The Labute approximate surface area is 210 Å². The smallest absolute Gasteiger partial charge is 0.322 e. The number of urea groups is 1. The van der Waals surface area contributed by atoms with E-state index in [9.17, 15) is 4.79 Å². The van der Waals surface area contributed by atoms with Crippen molar-refractivity contribution in [1.29, 1.82) is 0 Å². The lowest BCUT2D eigenvalue weighted by Crippen LogP contribution is -2.38. The topological polar surface area (TPSA) is 46.5 Å². The number of thiophene rings is 1. The van der Waals surface area contributed by atoms with E-state index in [0.29, 0.717) is 13.2 Å². The maximum Gasteiger partial charge on any atom is 0.322 e. The average Bonchev–Trinajstić information content (AvgIpc) is 3.47. The van der Waals surface area contributed by atoms with E-state index in [1.54, 1.807) is 0 Å². The molecule has 5 nitrogen and oxygen atoms in total. The predicted octanol–water partition coefficient (Wildman–Crippen LogP) is 6.95. The number of carbonyl (C=O) groups is 1. The number of hydrogen-bond donors (Lipinski definition) is 1. The SMILES string of the molecule is CCOc1cccc([C@H]2c3cccn3-c3sc4c(c3CN2C(=O)Nc2ccccc2)CCCC4)c1. The third kappa shape index (κ3) is 4.02. The van der Waals surface area contributed by atoms with Gasteiger partial charge in [0.1, 0.15) is 10.8 Å². The van der Waals surface area contributed by atoms with Gasteiger partial charge in [0.25, 0.3) is 0 Å². The van der Waals surface area contributed by atoms with Crippen molar-refractivity contribution in [2.24, 2.45) is 0 Å². The van der Waals surface area contributed by atoms with Crippen LogP contribution < -0.4 is 10.1 Å². The Morgan fingerprint density at radius 3 is 2.74 bits per heavy atom. The second-order valence-electron chi connectivity index (χ2n) is 9.13. The van der Waals surface area contributed by atoms with Gasteiger partial charge < -0.3 is 19.5 Å². The molecule has 0 saturated carbocycles. The van der Waals surface area contributed by atoms with E-state index in [2.05, 4.69) is 40.3 Å². The minimum absolute atomic E-state index is 0.0978. The van der Waals surface area contributed by atoms with Crippen LogP contribution in [-0.4, -0.2) is 22.1 Å². The summed E-state index contributed by atoms with van der Waals surface area (Å²) >= 11 is 1.90. The molecule has 0 saturated heterocycles. The molecule has 178 valence electrons. The van der Waals surface area contributed by atoms with Gasteiger partial charge in [-0.2, -0.15) is 0 Å². The maximum atomic E-state index is 13.9. The van der Waals surface area contributed by atoms with Gasteiger partial charge in [0, 0.05) is 22.3 Å². The molecular formula is C29H29N3O2S. The molecule has 2 aromatic carbocycles. The first-order valence-corrected chi connectivity index (χ1v) is 13.2. The molecule has 0 radical (unpaired) electrons. The van der Waals surface area contributed by atoms with Crippen LogP contribution in [-0.2, 0) is 19.4 Å². The highest BCUT2D eigenvalue weighted by molar-refractivity contribution is 7.15. The number of carbonyl (C=O) groups excluding carboxylic acids is 1. The molecule has 0 spiro atoms. The Balaban J connectivity index is 1.50. The largest absolute Gasteiger partial charge is 0.494 e. The second-order valence-corrected chi connectivity index (χ2v) is 10.2. The minimum atomic E-state index is -0.243. The van der Waals surface area contributed by atoms with Crippen LogP contribution in [0, 0.1) is 0 Å². The first-order valence-electron chi connectivity index (χ1n) is 12.4. The third-order valence-corrected chi connectivity index (χ3v) is 8.28. The molecule has 35 heavy (non-hydrogen) atoms. The number of benzene rings is 2. The van der Waals surface area contributed by atoms with E-state index in [1.165, 1.54) is 33.8 Å². The highest BCUT2D eigenvalue weighted by Gasteiger charge is 2.36. The fourth-order valence-corrected chi connectivity index (χ4v) is 6.80. The number of fused-ring (bicyclic) bond motifs is 5. The van der Waals surface area contributed by atoms with E-state index in [4.69, 9.17) is 4.74 Å². The Kier molecular flexibility index (Phi) is 5.82. The Morgan fingerprint density at radius 2 is 1.89 bits per heavy atom. The average molecular weight is 484 g/mol. The van der Waals surface area contributed by atoms with Crippen molar-refractivity contribution in [3.05, 3.63) is 100 Å². The van der Waals surface area contributed by atoms with Crippen molar-refractivity contribution < 1.29 is 9.53 Å². The van der Waals surface area contributed by atoms with Crippen LogP contribution >= 0.6 is 11.3 Å². The zero-order chi connectivity index (χ0) is 23.8. The molecular weight excluding hydrogens is 454 g/mol. The molecule has 1 aliphatic carbocycles. The lowest BCUT2D eigenvalue weighted by molar-refractivity contribution is 0.194. The van der Waals surface area contributed by atoms with Gasteiger partial charge in [0.15, 0.2) is 0 Å². The van der Waals surface area contributed by atoms with Gasteiger partial charge in [0.2, 0.25) is 0 Å². The Morgan fingerprint density at radius 1 is 1.03 bits per heavy atom. The number of ether oxygens (including phenoxy) is 1. The molecule has 1 aliphatic heterocycles. The maximum absolute atomic E-state index is 13.9. The highest BCUT2D eigenvalue weighted by atomic mass is 32.1. The van der Waals surface area contributed by atoms with E-state index >= 15 is 0 Å². The zero-order valence-electron chi connectivity index (χ0n) is 19.9. The number of hydrogen-bond acceptors (Lipinski definition) is 3. The Hall–Kier alpha value is -3.51. The number of anilines is 1. The molecule has 6 rings (SSSR count). The van der Waals surface area contributed by atoms with Crippen molar-refractivity contribution >= 4 is 23.1 Å². The van der Waals surface area contributed by atoms with E-state index in [1.807, 2.05) is 65.6 Å². The summed E-state index contributed by atoms with van der Waals surface area (Å²) in [4.78, 5) is 17.4. The normalized spacial score (nSPS) is 16.6. The van der Waals surface area contributed by atoms with Crippen LogP contribution in [0.3, 0.4) is 0 Å². The van der Waals surface area contributed by atoms with Crippen LogP contribution in [0.1, 0.15) is 53.1 Å². The fraction of sp³-hybridized carbons (Fsp3) is 0.276. The summed E-state index contributed by atoms with van der Waals surface area (Å²) < 4.78 is 8.14. The molecule has 2 amide bonds. The van der Waals surface area contributed by atoms with Crippen molar-refractivity contribution in [3.63, 3.8) is 0 Å². The molecule has 3 heterocycles. The molecule has 0 bridgehead atoms. The number of nitrogens with zero attached hydrogens (tertiary/aromatic N) is 2. The van der Waals surface area contributed by atoms with Gasteiger partial charge in [-0.3, -0.25) is 0 Å². The van der Waals surface area contributed by atoms with Crippen LogP contribution in [0.5, 0.6) is 5.75 Å². The number of amides is 2. The van der Waals surface area contributed by atoms with Crippen LogP contribution in [0.2, 0.25) is 0 Å². The summed E-state index contributed by atoms with van der Waals surface area (Å²) in [7, 11) is 0.